The molecule has 1 aromatic carbocycles. The maximum atomic E-state index is 13.7. The van der Waals surface area contributed by atoms with E-state index in [1.807, 2.05) is 29.2 Å². The second-order valence-corrected chi connectivity index (χ2v) is 9.04. The zero-order valence-corrected chi connectivity index (χ0v) is 20.7. The number of H-pyrrole nitrogens is 1. The fourth-order valence-electron chi connectivity index (χ4n) is 4.13. The number of amides is 1. The van der Waals surface area contributed by atoms with Crippen LogP contribution in [0.1, 0.15) is 25.5 Å². The van der Waals surface area contributed by atoms with Crippen LogP contribution in [0.15, 0.2) is 39.7 Å². The van der Waals surface area contributed by atoms with Gasteiger partial charge in [-0.25, -0.2) is 9.97 Å². The number of fused-ring (bicyclic) bond motifs is 1. The number of carbonyl (C=O) groups excluding carboxylic acids is 1. The second-order valence-electron chi connectivity index (χ2n) is 7.39. The number of piperazine rings is 1. The molecule has 31 heavy (non-hydrogen) atoms. The lowest BCUT2D eigenvalue weighted by Crippen LogP contribution is -2.52. The van der Waals surface area contributed by atoms with Crippen molar-refractivity contribution in [1.29, 1.82) is 0 Å². The van der Waals surface area contributed by atoms with E-state index in [9.17, 15) is 4.79 Å². The van der Waals surface area contributed by atoms with Crippen LogP contribution < -0.4 is 4.90 Å². The van der Waals surface area contributed by atoms with E-state index < -0.39 is 0 Å². The summed E-state index contributed by atoms with van der Waals surface area (Å²) in [4.78, 5) is 28.8. The Morgan fingerprint density at radius 1 is 1.13 bits per heavy atom. The fourth-order valence-corrected chi connectivity index (χ4v) is 5.07. The van der Waals surface area contributed by atoms with Crippen LogP contribution >= 0.6 is 31.9 Å². The van der Waals surface area contributed by atoms with Crippen molar-refractivity contribution in [3.8, 4) is 0 Å². The minimum absolute atomic E-state index is 0.146. The number of aromatic amines is 1. The van der Waals surface area contributed by atoms with Gasteiger partial charge in [-0.1, -0.05) is 48.0 Å². The van der Waals surface area contributed by atoms with E-state index in [4.69, 9.17) is 0 Å². The number of benzene rings is 1. The molecule has 1 unspecified atom stereocenters. The van der Waals surface area contributed by atoms with Crippen molar-refractivity contribution in [3.05, 3.63) is 45.2 Å². The van der Waals surface area contributed by atoms with Gasteiger partial charge in [0.15, 0.2) is 5.65 Å². The Hall–Kier alpha value is -2.04. The Kier molecular flexibility index (Phi) is 6.88. The highest BCUT2D eigenvalue weighted by molar-refractivity contribution is 9.10. The molecule has 3 aromatic rings. The van der Waals surface area contributed by atoms with Crippen LogP contribution in [-0.2, 0) is 4.79 Å². The van der Waals surface area contributed by atoms with Gasteiger partial charge in [-0.05, 0) is 40.6 Å². The first-order valence-corrected chi connectivity index (χ1v) is 12.0. The highest BCUT2D eigenvalue weighted by atomic mass is 79.9. The lowest BCUT2D eigenvalue weighted by Gasteiger charge is -2.39. The number of aromatic nitrogens is 4. The van der Waals surface area contributed by atoms with E-state index in [1.54, 1.807) is 0 Å². The molecule has 164 valence electrons. The molecule has 3 heterocycles. The van der Waals surface area contributed by atoms with E-state index in [0.29, 0.717) is 31.8 Å². The van der Waals surface area contributed by atoms with Gasteiger partial charge in [-0.15, -0.1) is 0 Å². The van der Waals surface area contributed by atoms with Crippen molar-refractivity contribution < 1.29 is 4.79 Å². The van der Waals surface area contributed by atoms with Crippen molar-refractivity contribution in [2.24, 2.45) is 0 Å². The van der Waals surface area contributed by atoms with Gasteiger partial charge in [0.1, 0.15) is 22.8 Å². The van der Waals surface area contributed by atoms with Crippen LogP contribution in [0.5, 0.6) is 0 Å². The average molecular weight is 551 g/mol. The van der Waals surface area contributed by atoms with Crippen molar-refractivity contribution in [1.82, 2.24) is 30.0 Å². The van der Waals surface area contributed by atoms with Gasteiger partial charge in [0.05, 0.1) is 5.39 Å². The molecule has 10 heteroatoms. The Bertz CT molecular complexity index is 1060. The quantitative estimate of drug-likeness (QED) is 0.505. The Morgan fingerprint density at radius 2 is 1.84 bits per heavy atom. The third-order valence-corrected chi connectivity index (χ3v) is 7.08. The number of carbonyl (C=O) groups is 1. The van der Waals surface area contributed by atoms with Gasteiger partial charge in [-0.2, -0.15) is 5.10 Å². The summed E-state index contributed by atoms with van der Waals surface area (Å²) in [6.07, 6.45) is 1.53. The van der Waals surface area contributed by atoms with Crippen molar-refractivity contribution in [2.75, 3.05) is 44.2 Å². The minimum atomic E-state index is -0.300. The van der Waals surface area contributed by atoms with Gasteiger partial charge < -0.3 is 9.80 Å². The first-order chi connectivity index (χ1) is 15.0. The zero-order valence-electron chi connectivity index (χ0n) is 17.6. The average Bonchev–Trinajstić information content (AvgIpc) is 3.19. The predicted molar refractivity (Wildman–Crippen MR) is 128 cm³/mol. The third-order valence-electron chi connectivity index (χ3n) is 5.79. The minimum Gasteiger partial charge on any atom is -0.352 e. The molecule has 1 aliphatic rings. The normalized spacial score (nSPS) is 15.6. The SMILES string of the molecule is CCN(CC)C(C(=O)N1CCN(c2ncnc3n[nH]c(Br)c23)CC1)c1ccccc1Br. The van der Waals surface area contributed by atoms with E-state index in [0.717, 1.165) is 38.9 Å². The van der Waals surface area contributed by atoms with Crippen LogP contribution in [0.25, 0.3) is 11.0 Å². The Labute approximate surface area is 198 Å². The standard InChI is InChI=1S/C21H25Br2N7O/c1-3-28(4-2)17(14-7-5-6-8-15(14)22)21(31)30-11-9-29(10-12-30)20-16-18(23)26-27-19(16)24-13-25-20/h5-8,13,17H,3-4,9-12H2,1-2H3,(H,24,25,26,27). The van der Waals surface area contributed by atoms with Gasteiger partial charge in [-0.3, -0.25) is 14.8 Å². The topological polar surface area (TPSA) is 81.2 Å². The summed E-state index contributed by atoms with van der Waals surface area (Å²) in [7, 11) is 0. The number of nitrogens with one attached hydrogen (secondary N) is 1. The molecule has 4 rings (SSSR count). The molecular formula is C21H25Br2N7O. The van der Waals surface area contributed by atoms with Gasteiger partial charge in [0.2, 0.25) is 5.91 Å². The van der Waals surface area contributed by atoms with Crippen LogP contribution in [0, 0.1) is 0 Å². The number of nitrogens with zero attached hydrogens (tertiary/aromatic N) is 6. The molecule has 1 atom stereocenters. The van der Waals surface area contributed by atoms with Crippen molar-refractivity contribution >= 4 is 54.6 Å². The summed E-state index contributed by atoms with van der Waals surface area (Å²) in [5.74, 6) is 0.983. The number of rotatable bonds is 6. The summed E-state index contributed by atoms with van der Waals surface area (Å²) >= 11 is 7.15. The predicted octanol–water partition coefficient (Wildman–Crippen LogP) is 3.61. The van der Waals surface area contributed by atoms with E-state index in [2.05, 4.69) is 75.7 Å². The molecule has 0 aliphatic carbocycles. The fraction of sp³-hybridized carbons (Fsp3) is 0.429. The van der Waals surface area contributed by atoms with E-state index in [1.165, 1.54) is 6.33 Å². The van der Waals surface area contributed by atoms with Crippen molar-refractivity contribution in [3.63, 3.8) is 0 Å². The number of likely N-dealkylation sites (N-methyl/N-ethyl adjacent to an activating group) is 1. The maximum absolute atomic E-state index is 13.7. The number of anilines is 1. The first-order valence-electron chi connectivity index (χ1n) is 10.4. The molecule has 0 saturated carbocycles. The smallest absolute Gasteiger partial charge is 0.244 e. The monoisotopic (exact) mass is 549 g/mol. The number of halogens is 2. The molecule has 0 spiro atoms. The summed E-state index contributed by atoms with van der Waals surface area (Å²) in [6.45, 7) is 8.50. The molecule has 8 nitrogen and oxygen atoms in total. The molecule has 0 bridgehead atoms. The van der Waals surface area contributed by atoms with Crippen molar-refractivity contribution in [2.45, 2.75) is 19.9 Å². The molecule has 1 N–H and O–H groups in total. The molecule has 1 saturated heterocycles. The van der Waals surface area contributed by atoms with Crippen LogP contribution in [-0.4, -0.2) is 75.1 Å². The number of hydrogen-bond donors (Lipinski definition) is 1. The van der Waals surface area contributed by atoms with E-state index >= 15 is 0 Å². The largest absolute Gasteiger partial charge is 0.352 e. The molecule has 2 aromatic heterocycles. The van der Waals surface area contributed by atoms with E-state index in [-0.39, 0.29) is 11.9 Å². The molecule has 0 radical (unpaired) electrons. The third kappa shape index (κ3) is 4.33. The summed E-state index contributed by atoms with van der Waals surface area (Å²) < 4.78 is 1.74. The lowest BCUT2D eigenvalue weighted by atomic mass is 10.0. The van der Waals surface area contributed by atoms with Gasteiger partial charge >= 0.3 is 0 Å². The lowest BCUT2D eigenvalue weighted by molar-refractivity contribution is -0.137. The highest BCUT2D eigenvalue weighted by Gasteiger charge is 2.33. The molecule has 1 aliphatic heterocycles. The first kappa shape index (κ1) is 22.2. The Balaban J connectivity index is 1.54. The van der Waals surface area contributed by atoms with Gasteiger partial charge in [0, 0.05) is 30.7 Å². The maximum Gasteiger partial charge on any atom is 0.244 e. The Morgan fingerprint density at radius 3 is 2.52 bits per heavy atom. The summed E-state index contributed by atoms with van der Waals surface area (Å²) in [5, 5.41) is 7.98. The summed E-state index contributed by atoms with van der Waals surface area (Å²) in [6, 6.07) is 7.71. The number of hydrogen-bond acceptors (Lipinski definition) is 6. The molecule has 1 fully saturated rings. The summed E-state index contributed by atoms with van der Waals surface area (Å²) in [5.41, 5.74) is 1.64. The molecular weight excluding hydrogens is 526 g/mol. The highest BCUT2D eigenvalue weighted by Crippen LogP contribution is 2.31. The zero-order chi connectivity index (χ0) is 22.0. The van der Waals surface area contributed by atoms with Gasteiger partial charge in [0.25, 0.3) is 0 Å². The second kappa shape index (κ2) is 9.62. The van der Waals surface area contributed by atoms with Crippen LogP contribution in [0.2, 0.25) is 0 Å². The van der Waals surface area contributed by atoms with Crippen LogP contribution in [0.3, 0.4) is 0 Å². The van der Waals surface area contributed by atoms with Crippen LogP contribution in [0.4, 0.5) is 5.82 Å². The molecule has 1 amide bonds.